The van der Waals surface area contributed by atoms with Gasteiger partial charge in [-0.3, -0.25) is 0 Å². The van der Waals surface area contributed by atoms with Gasteiger partial charge in [-0.1, -0.05) is 6.92 Å². The van der Waals surface area contributed by atoms with Gasteiger partial charge in [-0.15, -0.1) is 0 Å². The Kier molecular flexibility index (Phi) is 2.67. The van der Waals surface area contributed by atoms with E-state index in [4.69, 9.17) is 10.1 Å². The van der Waals surface area contributed by atoms with Crippen LogP contribution >= 0.6 is 0 Å². The fourth-order valence-electron chi connectivity index (χ4n) is 2.82. The van der Waals surface area contributed by atoms with E-state index >= 15 is 0 Å². The van der Waals surface area contributed by atoms with Crippen molar-refractivity contribution in [2.24, 2.45) is 0 Å². The molecule has 0 aliphatic carbocycles. The van der Waals surface area contributed by atoms with Crippen LogP contribution in [0.3, 0.4) is 0 Å². The van der Waals surface area contributed by atoms with E-state index in [1.807, 2.05) is 0 Å². The zero-order chi connectivity index (χ0) is 11.0. The highest BCUT2D eigenvalue weighted by atomic mass is 15.4. The highest BCUT2D eigenvalue weighted by Gasteiger charge is 2.25. The molecule has 1 N–H and O–H groups in total. The standard InChI is InChI=1S/C12H20N4/c1-9-4-3-7-16-12(9)14-11(15-16)10-5-2-6-13-8-10/h9-10,13H,2-8H2,1H3. The maximum atomic E-state index is 4.77. The Hall–Kier alpha value is -0.900. The molecule has 2 atom stereocenters. The van der Waals surface area contributed by atoms with E-state index in [0.717, 1.165) is 25.5 Å². The van der Waals surface area contributed by atoms with Crippen LogP contribution in [0.5, 0.6) is 0 Å². The van der Waals surface area contributed by atoms with Crippen LogP contribution < -0.4 is 5.32 Å². The van der Waals surface area contributed by atoms with Crippen molar-refractivity contribution in [1.29, 1.82) is 0 Å². The predicted octanol–water partition coefficient (Wildman–Crippen LogP) is 1.64. The summed E-state index contributed by atoms with van der Waals surface area (Å²) in [6.45, 7) is 5.54. The first-order chi connectivity index (χ1) is 7.84. The van der Waals surface area contributed by atoms with E-state index in [1.165, 1.54) is 31.5 Å². The summed E-state index contributed by atoms with van der Waals surface area (Å²) in [6.07, 6.45) is 5.01. The molecular formula is C12H20N4. The van der Waals surface area contributed by atoms with Crippen LogP contribution in [-0.2, 0) is 6.54 Å². The van der Waals surface area contributed by atoms with Crippen LogP contribution in [0, 0.1) is 0 Å². The van der Waals surface area contributed by atoms with Gasteiger partial charge in [0, 0.05) is 24.9 Å². The molecule has 1 aromatic rings. The second kappa shape index (κ2) is 4.17. The van der Waals surface area contributed by atoms with Gasteiger partial charge in [0.05, 0.1) is 0 Å². The normalized spacial score (nSPS) is 30.1. The summed E-state index contributed by atoms with van der Waals surface area (Å²) in [5.41, 5.74) is 0. The monoisotopic (exact) mass is 220 g/mol. The highest BCUT2D eigenvalue weighted by Crippen LogP contribution is 2.27. The first kappa shape index (κ1) is 10.3. The zero-order valence-corrected chi connectivity index (χ0v) is 9.95. The molecule has 88 valence electrons. The summed E-state index contributed by atoms with van der Waals surface area (Å²) in [6, 6.07) is 0. The van der Waals surface area contributed by atoms with Crippen molar-refractivity contribution in [2.75, 3.05) is 13.1 Å². The molecule has 1 fully saturated rings. The Balaban J connectivity index is 1.85. The average Bonchev–Trinajstić information content (AvgIpc) is 2.76. The topological polar surface area (TPSA) is 42.7 Å². The molecule has 0 radical (unpaired) electrons. The third kappa shape index (κ3) is 1.75. The molecule has 0 aromatic carbocycles. The molecule has 16 heavy (non-hydrogen) atoms. The fraction of sp³-hybridized carbons (Fsp3) is 0.833. The van der Waals surface area contributed by atoms with E-state index in [0.29, 0.717) is 11.8 Å². The van der Waals surface area contributed by atoms with Crippen molar-refractivity contribution in [3.63, 3.8) is 0 Å². The maximum absolute atomic E-state index is 4.77. The lowest BCUT2D eigenvalue weighted by molar-refractivity contribution is 0.423. The molecule has 3 heterocycles. The van der Waals surface area contributed by atoms with Crippen molar-refractivity contribution >= 4 is 0 Å². The molecule has 2 unspecified atom stereocenters. The van der Waals surface area contributed by atoms with Crippen molar-refractivity contribution in [3.05, 3.63) is 11.6 Å². The number of fused-ring (bicyclic) bond motifs is 1. The number of nitrogens with one attached hydrogen (secondary N) is 1. The Bertz CT molecular complexity index is 365. The maximum Gasteiger partial charge on any atom is 0.155 e. The van der Waals surface area contributed by atoms with Gasteiger partial charge in [0.15, 0.2) is 5.82 Å². The number of piperidine rings is 1. The summed E-state index contributed by atoms with van der Waals surface area (Å²) in [4.78, 5) is 4.77. The zero-order valence-electron chi connectivity index (χ0n) is 9.95. The lowest BCUT2D eigenvalue weighted by atomic mass is 9.99. The molecule has 4 heteroatoms. The van der Waals surface area contributed by atoms with Gasteiger partial charge < -0.3 is 5.32 Å². The van der Waals surface area contributed by atoms with Gasteiger partial charge in [-0.05, 0) is 32.2 Å². The number of aryl methyl sites for hydroxylation is 1. The minimum absolute atomic E-state index is 0.541. The van der Waals surface area contributed by atoms with Crippen molar-refractivity contribution in [3.8, 4) is 0 Å². The number of aromatic nitrogens is 3. The minimum Gasteiger partial charge on any atom is -0.316 e. The molecular weight excluding hydrogens is 200 g/mol. The van der Waals surface area contributed by atoms with Crippen molar-refractivity contribution in [1.82, 2.24) is 20.1 Å². The molecule has 0 amide bonds. The Labute approximate surface area is 96.4 Å². The molecule has 0 bridgehead atoms. The first-order valence-electron chi connectivity index (χ1n) is 6.50. The number of hydrogen-bond donors (Lipinski definition) is 1. The van der Waals surface area contributed by atoms with E-state index < -0.39 is 0 Å². The third-order valence-corrected chi connectivity index (χ3v) is 3.83. The largest absolute Gasteiger partial charge is 0.316 e. The minimum atomic E-state index is 0.541. The molecule has 0 saturated carbocycles. The van der Waals surface area contributed by atoms with Crippen LogP contribution in [-0.4, -0.2) is 27.9 Å². The SMILES string of the molecule is CC1CCCn2nc(C3CCCNC3)nc21. The Morgan fingerprint density at radius 3 is 3.00 bits per heavy atom. The molecule has 2 aliphatic heterocycles. The summed E-state index contributed by atoms with van der Waals surface area (Å²) < 4.78 is 2.14. The Morgan fingerprint density at radius 2 is 2.25 bits per heavy atom. The average molecular weight is 220 g/mol. The molecule has 2 aliphatic rings. The van der Waals surface area contributed by atoms with Crippen molar-refractivity contribution < 1.29 is 0 Å². The van der Waals surface area contributed by atoms with Crippen molar-refractivity contribution in [2.45, 2.75) is 51.0 Å². The molecule has 3 rings (SSSR count). The van der Waals surface area contributed by atoms with Gasteiger partial charge >= 0.3 is 0 Å². The van der Waals surface area contributed by atoms with Crippen LogP contribution in [0.1, 0.15) is 56.1 Å². The van der Waals surface area contributed by atoms with Gasteiger partial charge in [0.2, 0.25) is 0 Å². The summed E-state index contributed by atoms with van der Waals surface area (Å²) in [7, 11) is 0. The number of nitrogens with zero attached hydrogens (tertiary/aromatic N) is 3. The molecule has 4 nitrogen and oxygen atoms in total. The van der Waals surface area contributed by atoms with Crippen LogP contribution in [0.25, 0.3) is 0 Å². The second-order valence-electron chi connectivity index (χ2n) is 5.14. The summed E-state index contributed by atoms with van der Waals surface area (Å²) in [5, 5.41) is 8.13. The quantitative estimate of drug-likeness (QED) is 0.782. The second-order valence-corrected chi connectivity index (χ2v) is 5.14. The smallest absolute Gasteiger partial charge is 0.155 e. The lowest BCUT2D eigenvalue weighted by Gasteiger charge is -2.19. The van der Waals surface area contributed by atoms with E-state index in [1.54, 1.807) is 0 Å². The van der Waals surface area contributed by atoms with E-state index in [2.05, 4.69) is 16.9 Å². The fourth-order valence-corrected chi connectivity index (χ4v) is 2.82. The third-order valence-electron chi connectivity index (χ3n) is 3.83. The lowest BCUT2D eigenvalue weighted by Crippen LogP contribution is -2.29. The van der Waals surface area contributed by atoms with E-state index in [9.17, 15) is 0 Å². The predicted molar refractivity (Wildman–Crippen MR) is 62.5 cm³/mol. The van der Waals surface area contributed by atoms with Crippen LogP contribution in [0.15, 0.2) is 0 Å². The van der Waals surface area contributed by atoms with Gasteiger partial charge in [0.1, 0.15) is 5.82 Å². The Morgan fingerprint density at radius 1 is 1.31 bits per heavy atom. The molecule has 1 aromatic heterocycles. The highest BCUT2D eigenvalue weighted by molar-refractivity contribution is 5.06. The van der Waals surface area contributed by atoms with Gasteiger partial charge in [-0.25, -0.2) is 9.67 Å². The first-order valence-corrected chi connectivity index (χ1v) is 6.50. The van der Waals surface area contributed by atoms with Crippen LogP contribution in [0.4, 0.5) is 0 Å². The van der Waals surface area contributed by atoms with Crippen LogP contribution in [0.2, 0.25) is 0 Å². The molecule has 1 saturated heterocycles. The van der Waals surface area contributed by atoms with E-state index in [-0.39, 0.29) is 0 Å². The van der Waals surface area contributed by atoms with Gasteiger partial charge in [-0.2, -0.15) is 5.10 Å². The number of rotatable bonds is 1. The van der Waals surface area contributed by atoms with Gasteiger partial charge in [0.25, 0.3) is 0 Å². The summed E-state index contributed by atoms with van der Waals surface area (Å²) >= 11 is 0. The summed E-state index contributed by atoms with van der Waals surface area (Å²) in [5.74, 6) is 3.42. The number of hydrogen-bond acceptors (Lipinski definition) is 3. The molecule has 0 spiro atoms.